The summed E-state index contributed by atoms with van der Waals surface area (Å²) in [5, 5.41) is 14.4. The molecule has 1 unspecified atom stereocenters. The number of hydrogen-bond donors (Lipinski definition) is 3. The van der Waals surface area contributed by atoms with Crippen LogP contribution in [0.4, 0.5) is 0 Å². The number of hydrogen-bond acceptors (Lipinski definition) is 4. The Hall–Kier alpha value is -1.95. The lowest BCUT2D eigenvalue weighted by Crippen LogP contribution is -2.50. The fourth-order valence-electron chi connectivity index (χ4n) is 1.31. The number of likely N-dealkylation sites (N-methyl/N-ethyl adjacent to an activating group) is 1. The smallest absolute Gasteiger partial charge is 0.328 e. The van der Waals surface area contributed by atoms with Crippen LogP contribution in [-0.2, 0) is 15.1 Å². The zero-order valence-electron chi connectivity index (χ0n) is 9.73. The van der Waals surface area contributed by atoms with Gasteiger partial charge in [0, 0.05) is 25.0 Å². The fourth-order valence-corrected chi connectivity index (χ4v) is 1.31. The molecule has 0 aromatic carbocycles. The van der Waals surface area contributed by atoms with E-state index in [0.29, 0.717) is 5.56 Å². The van der Waals surface area contributed by atoms with Gasteiger partial charge >= 0.3 is 5.97 Å². The van der Waals surface area contributed by atoms with Crippen LogP contribution in [0.1, 0.15) is 12.5 Å². The third-order valence-electron chi connectivity index (χ3n) is 2.55. The molecule has 1 aromatic rings. The van der Waals surface area contributed by atoms with Gasteiger partial charge in [-0.05, 0) is 13.0 Å². The van der Waals surface area contributed by atoms with Gasteiger partial charge in [-0.2, -0.15) is 0 Å². The lowest BCUT2D eigenvalue weighted by atomic mass is 9.93. The summed E-state index contributed by atoms with van der Waals surface area (Å²) in [5.41, 5.74) is -0.836. The number of aliphatic carboxylic acids is 1. The lowest BCUT2D eigenvalue weighted by Gasteiger charge is -2.26. The van der Waals surface area contributed by atoms with Gasteiger partial charge in [-0.25, -0.2) is 4.79 Å². The van der Waals surface area contributed by atoms with E-state index < -0.39 is 11.5 Å². The van der Waals surface area contributed by atoms with Crippen molar-refractivity contribution in [3.63, 3.8) is 0 Å². The van der Waals surface area contributed by atoms with Crippen LogP contribution in [0.3, 0.4) is 0 Å². The van der Waals surface area contributed by atoms with Crippen LogP contribution in [0.5, 0.6) is 0 Å². The fraction of sp³-hybridized carbons (Fsp3) is 0.364. The molecule has 1 atom stereocenters. The van der Waals surface area contributed by atoms with E-state index in [1.54, 1.807) is 18.3 Å². The third-order valence-corrected chi connectivity index (χ3v) is 2.55. The quantitative estimate of drug-likeness (QED) is 0.655. The monoisotopic (exact) mass is 237 g/mol. The molecule has 3 N–H and O–H groups in total. The van der Waals surface area contributed by atoms with Crippen molar-refractivity contribution in [3.05, 3.63) is 30.1 Å². The van der Waals surface area contributed by atoms with Gasteiger partial charge in [0.2, 0.25) is 5.91 Å². The molecule has 6 nitrogen and oxygen atoms in total. The van der Waals surface area contributed by atoms with E-state index >= 15 is 0 Å². The highest BCUT2D eigenvalue weighted by molar-refractivity contribution is 5.82. The first kappa shape index (κ1) is 13.1. The van der Waals surface area contributed by atoms with Crippen LogP contribution in [0.25, 0.3) is 0 Å². The molecule has 0 saturated carbocycles. The molecule has 1 amide bonds. The number of carbonyl (C=O) groups excluding carboxylic acids is 1. The number of carboxylic acids is 1. The standard InChI is InChI=1S/C11H15N3O3/c1-11(10(16)17,14-7-9(15)12-2)8-4-3-5-13-6-8/h3-6,14H,7H2,1-2H3,(H,12,15)(H,16,17). The second-order valence-electron chi connectivity index (χ2n) is 3.70. The summed E-state index contributed by atoms with van der Waals surface area (Å²) in [4.78, 5) is 26.3. The maximum Gasteiger partial charge on any atom is 0.328 e. The molecule has 0 fully saturated rings. The van der Waals surface area contributed by atoms with Crippen LogP contribution in [0, 0.1) is 0 Å². The van der Waals surface area contributed by atoms with E-state index in [-0.39, 0.29) is 12.5 Å². The zero-order chi connectivity index (χ0) is 12.9. The van der Waals surface area contributed by atoms with Crippen LogP contribution in [-0.4, -0.2) is 35.6 Å². The van der Waals surface area contributed by atoms with Crippen LogP contribution >= 0.6 is 0 Å². The highest BCUT2D eigenvalue weighted by atomic mass is 16.4. The Bertz CT molecular complexity index is 408. The minimum Gasteiger partial charge on any atom is -0.480 e. The summed E-state index contributed by atoms with van der Waals surface area (Å²) in [6.45, 7) is 1.42. The summed E-state index contributed by atoms with van der Waals surface area (Å²) >= 11 is 0. The van der Waals surface area contributed by atoms with E-state index in [2.05, 4.69) is 15.6 Å². The molecule has 0 radical (unpaired) electrons. The van der Waals surface area contributed by atoms with Gasteiger partial charge in [-0.3, -0.25) is 15.1 Å². The Morgan fingerprint density at radius 2 is 2.24 bits per heavy atom. The molecule has 0 saturated heterocycles. The number of amides is 1. The molecule has 0 aliphatic rings. The van der Waals surface area contributed by atoms with Crippen molar-refractivity contribution in [1.29, 1.82) is 0 Å². The predicted octanol–water partition coefficient (Wildman–Crippen LogP) is -0.283. The van der Waals surface area contributed by atoms with Crippen molar-refractivity contribution in [3.8, 4) is 0 Å². The number of nitrogens with one attached hydrogen (secondary N) is 2. The van der Waals surface area contributed by atoms with Gasteiger partial charge in [-0.1, -0.05) is 6.07 Å². The molecule has 6 heteroatoms. The van der Waals surface area contributed by atoms with Crippen molar-refractivity contribution in [2.24, 2.45) is 0 Å². The van der Waals surface area contributed by atoms with E-state index in [1.807, 2.05) is 0 Å². The summed E-state index contributed by atoms with van der Waals surface area (Å²) in [5.74, 6) is -1.34. The summed E-state index contributed by atoms with van der Waals surface area (Å²) in [6.07, 6.45) is 3.02. The van der Waals surface area contributed by atoms with Gasteiger partial charge in [0.25, 0.3) is 0 Å². The molecule has 1 heterocycles. The average Bonchev–Trinajstić information content (AvgIpc) is 2.36. The van der Waals surface area contributed by atoms with E-state index in [4.69, 9.17) is 0 Å². The van der Waals surface area contributed by atoms with Gasteiger partial charge in [0.15, 0.2) is 0 Å². The van der Waals surface area contributed by atoms with Gasteiger partial charge < -0.3 is 10.4 Å². The van der Waals surface area contributed by atoms with Crippen molar-refractivity contribution in [2.75, 3.05) is 13.6 Å². The largest absolute Gasteiger partial charge is 0.480 e. The Morgan fingerprint density at radius 1 is 1.53 bits per heavy atom. The SMILES string of the molecule is CNC(=O)CNC(C)(C(=O)O)c1cccnc1. The minimum atomic E-state index is -1.33. The first-order valence-corrected chi connectivity index (χ1v) is 5.10. The lowest BCUT2D eigenvalue weighted by molar-refractivity contribution is -0.144. The van der Waals surface area contributed by atoms with E-state index in [9.17, 15) is 14.7 Å². The molecule has 0 aliphatic heterocycles. The Labute approximate surface area is 99.1 Å². The van der Waals surface area contributed by atoms with Crippen LogP contribution in [0.15, 0.2) is 24.5 Å². The van der Waals surface area contributed by atoms with Crippen LogP contribution < -0.4 is 10.6 Å². The Morgan fingerprint density at radius 3 is 2.71 bits per heavy atom. The average molecular weight is 237 g/mol. The van der Waals surface area contributed by atoms with E-state index in [0.717, 1.165) is 0 Å². The maximum absolute atomic E-state index is 11.3. The normalized spacial score (nSPS) is 13.8. The topological polar surface area (TPSA) is 91.3 Å². The van der Waals surface area contributed by atoms with Crippen molar-refractivity contribution < 1.29 is 14.7 Å². The highest BCUT2D eigenvalue weighted by Crippen LogP contribution is 2.19. The third kappa shape index (κ3) is 3.01. The highest BCUT2D eigenvalue weighted by Gasteiger charge is 2.35. The molecule has 0 bridgehead atoms. The Balaban J connectivity index is 2.91. The Kier molecular flexibility index (Phi) is 4.17. The van der Waals surface area contributed by atoms with Gasteiger partial charge in [0.1, 0.15) is 5.54 Å². The molecular weight excluding hydrogens is 222 g/mol. The van der Waals surface area contributed by atoms with Gasteiger partial charge in [0.05, 0.1) is 6.54 Å². The number of aromatic nitrogens is 1. The van der Waals surface area contributed by atoms with Crippen molar-refractivity contribution in [2.45, 2.75) is 12.5 Å². The van der Waals surface area contributed by atoms with E-state index in [1.165, 1.54) is 20.2 Å². The molecule has 0 spiro atoms. The second-order valence-corrected chi connectivity index (χ2v) is 3.70. The molecular formula is C11H15N3O3. The number of carboxylic acid groups (broad SMARTS) is 1. The maximum atomic E-state index is 11.3. The van der Waals surface area contributed by atoms with Gasteiger partial charge in [-0.15, -0.1) is 0 Å². The van der Waals surface area contributed by atoms with Crippen LogP contribution in [0.2, 0.25) is 0 Å². The first-order valence-electron chi connectivity index (χ1n) is 5.10. The first-order chi connectivity index (χ1) is 8.00. The molecule has 1 aromatic heterocycles. The summed E-state index contributed by atoms with van der Waals surface area (Å²) < 4.78 is 0. The number of pyridine rings is 1. The molecule has 1 rings (SSSR count). The second kappa shape index (κ2) is 5.40. The molecule has 92 valence electrons. The minimum absolute atomic E-state index is 0.0752. The summed E-state index contributed by atoms with van der Waals surface area (Å²) in [6, 6.07) is 3.30. The molecule has 0 aliphatic carbocycles. The number of nitrogens with zero attached hydrogens (tertiary/aromatic N) is 1. The number of rotatable bonds is 5. The molecule has 17 heavy (non-hydrogen) atoms. The summed E-state index contributed by atoms with van der Waals surface area (Å²) in [7, 11) is 1.49. The van der Waals surface area contributed by atoms with Crippen molar-refractivity contribution in [1.82, 2.24) is 15.6 Å². The number of carbonyl (C=O) groups is 2. The predicted molar refractivity (Wildman–Crippen MR) is 61.3 cm³/mol. The zero-order valence-corrected chi connectivity index (χ0v) is 9.73. The van der Waals surface area contributed by atoms with Crippen molar-refractivity contribution >= 4 is 11.9 Å².